The van der Waals surface area contributed by atoms with Gasteiger partial charge in [-0.3, -0.25) is 14.9 Å². The highest BCUT2D eigenvalue weighted by Gasteiger charge is 2.09. The van der Waals surface area contributed by atoms with Gasteiger partial charge in [0.25, 0.3) is 5.69 Å². The molecule has 0 aliphatic carbocycles. The summed E-state index contributed by atoms with van der Waals surface area (Å²) in [6.07, 6.45) is 2.28. The van der Waals surface area contributed by atoms with Crippen LogP contribution in [0.5, 0.6) is 5.75 Å². The van der Waals surface area contributed by atoms with Gasteiger partial charge in [0, 0.05) is 12.5 Å². The van der Waals surface area contributed by atoms with Crippen LogP contribution >= 0.6 is 0 Å². The van der Waals surface area contributed by atoms with E-state index in [9.17, 15) is 14.9 Å². The quantitative estimate of drug-likeness (QED) is 0.444. The highest BCUT2D eigenvalue weighted by Crippen LogP contribution is 2.24. The van der Waals surface area contributed by atoms with Crippen molar-refractivity contribution in [2.75, 3.05) is 6.61 Å². The van der Waals surface area contributed by atoms with Crippen molar-refractivity contribution < 1.29 is 19.6 Å². The number of ether oxygens (including phenoxy) is 1. The second-order valence-electron chi connectivity index (χ2n) is 4.26. The number of carbonyl (C=O) groups is 1. The molecular weight excluding hydrogens is 250 g/mol. The number of aryl methyl sites for hydroxylation is 1. The Kier molecular flexibility index (Phi) is 5.78. The van der Waals surface area contributed by atoms with E-state index in [0.29, 0.717) is 18.8 Å². The Hall–Kier alpha value is -2.11. The third-order valence-electron chi connectivity index (χ3n) is 2.68. The van der Waals surface area contributed by atoms with Gasteiger partial charge in [0.1, 0.15) is 5.75 Å². The van der Waals surface area contributed by atoms with Crippen molar-refractivity contribution in [3.8, 4) is 5.75 Å². The van der Waals surface area contributed by atoms with E-state index in [2.05, 4.69) is 0 Å². The molecule has 1 N–H and O–H groups in total. The largest absolute Gasteiger partial charge is 0.493 e. The maximum atomic E-state index is 10.6. The molecule has 0 spiro atoms. The van der Waals surface area contributed by atoms with Gasteiger partial charge in [-0.2, -0.15) is 0 Å². The lowest BCUT2D eigenvalue weighted by Gasteiger charge is -2.08. The summed E-state index contributed by atoms with van der Waals surface area (Å²) in [6, 6.07) is 4.50. The number of rotatable bonds is 8. The lowest BCUT2D eigenvalue weighted by molar-refractivity contribution is -0.384. The lowest BCUT2D eigenvalue weighted by atomic mass is 10.2. The molecule has 0 saturated heterocycles. The van der Waals surface area contributed by atoms with Gasteiger partial charge in [0.2, 0.25) is 0 Å². The van der Waals surface area contributed by atoms with Crippen LogP contribution < -0.4 is 4.74 Å². The summed E-state index contributed by atoms with van der Waals surface area (Å²) in [4.78, 5) is 20.5. The van der Waals surface area contributed by atoms with Crippen LogP contribution in [0.15, 0.2) is 18.2 Å². The molecule has 0 atom stereocenters. The molecule has 0 fully saturated rings. The number of nitro benzene ring substituents is 1. The summed E-state index contributed by atoms with van der Waals surface area (Å²) in [7, 11) is 0. The topological polar surface area (TPSA) is 89.7 Å². The van der Waals surface area contributed by atoms with Crippen molar-refractivity contribution in [1.29, 1.82) is 0 Å². The zero-order valence-corrected chi connectivity index (χ0v) is 10.8. The van der Waals surface area contributed by atoms with Crippen LogP contribution in [0, 0.1) is 17.0 Å². The van der Waals surface area contributed by atoms with Gasteiger partial charge in [0.05, 0.1) is 17.6 Å². The SMILES string of the molecule is Cc1ccc([N+](=O)[O-])cc1OCCCCCC(=O)O. The number of nitro groups is 1. The summed E-state index contributed by atoms with van der Waals surface area (Å²) >= 11 is 0. The molecule has 0 heterocycles. The van der Waals surface area contributed by atoms with E-state index in [1.165, 1.54) is 12.1 Å². The zero-order chi connectivity index (χ0) is 14.3. The third-order valence-corrected chi connectivity index (χ3v) is 2.68. The van der Waals surface area contributed by atoms with E-state index >= 15 is 0 Å². The fourth-order valence-electron chi connectivity index (χ4n) is 1.60. The second-order valence-corrected chi connectivity index (χ2v) is 4.26. The minimum absolute atomic E-state index is 0.00600. The van der Waals surface area contributed by atoms with Crippen LogP contribution in [0.3, 0.4) is 0 Å². The molecule has 19 heavy (non-hydrogen) atoms. The molecule has 0 unspecified atom stereocenters. The number of aliphatic carboxylic acids is 1. The Bertz CT molecular complexity index is 458. The molecule has 0 aromatic heterocycles. The number of unbranched alkanes of at least 4 members (excludes halogenated alkanes) is 2. The van der Waals surface area contributed by atoms with Gasteiger partial charge in [-0.25, -0.2) is 0 Å². The lowest BCUT2D eigenvalue weighted by Crippen LogP contribution is -2.01. The van der Waals surface area contributed by atoms with E-state index in [0.717, 1.165) is 18.4 Å². The van der Waals surface area contributed by atoms with E-state index in [-0.39, 0.29) is 12.1 Å². The van der Waals surface area contributed by atoms with Crippen LogP contribution in [0.2, 0.25) is 0 Å². The number of benzene rings is 1. The van der Waals surface area contributed by atoms with Crippen molar-refractivity contribution in [1.82, 2.24) is 0 Å². The first-order valence-corrected chi connectivity index (χ1v) is 6.10. The van der Waals surface area contributed by atoms with Crippen molar-refractivity contribution in [3.63, 3.8) is 0 Å². The zero-order valence-electron chi connectivity index (χ0n) is 10.8. The Morgan fingerprint density at radius 3 is 2.74 bits per heavy atom. The van der Waals surface area contributed by atoms with Crippen molar-refractivity contribution in [2.24, 2.45) is 0 Å². The normalized spacial score (nSPS) is 10.2. The molecule has 1 aromatic rings. The van der Waals surface area contributed by atoms with Crippen molar-refractivity contribution in [3.05, 3.63) is 33.9 Å². The third kappa shape index (κ3) is 5.37. The molecule has 1 aromatic carbocycles. The minimum Gasteiger partial charge on any atom is -0.493 e. The predicted molar refractivity (Wildman–Crippen MR) is 69.4 cm³/mol. The Morgan fingerprint density at radius 2 is 2.11 bits per heavy atom. The summed E-state index contributed by atoms with van der Waals surface area (Å²) < 4.78 is 5.48. The first-order chi connectivity index (χ1) is 9.00. The second kappa shape index (κ2) is 7.35. The molecule has 6 heteroatoms. The maximum Gasteiger partial charge on any atom is 0.303 e. The van der Waals surface area contributed by atoms with E-state index in [4.69, 9.17) is 9.84 Å². The molecule has 104 valence electrons. The van der Waals surface area contributed by atoms with Crippen LogP contribution in [0.1, 0.15) is 31.2 Å². The molecule has 0 bridgehead atoms. The van der Waals surface area contributed by atoms with Crippen molar-refractivity contribution in [2.45, 2.75) is 32.6 Å². The summed E-state index contributed by atoms with van der Waals surface area (Å²) in [6.45, 7) is 2.26. The predicted octanol–water partition coefficient (Wildman–Crippen LogP) is 2.93. The van der Waals surface area contributed by atoms with Gasteiger partial charge in [-0.15, -0.1) is 0 Å². The summed E-state index contributed by atoms with van der Waals surface area (Å²) in [5.74, 6) is -0.289. The minimum atomic E-state index is -0.796. The average molecular weight is 267 g/mol. The number of hydrogen-bond donors (Lipinski definition) is 1. The molecular formula is C13H17NO5. The summed E-state index contributed by atoms with van der Waals surface area (Å²) in [5.41, 5.74) is 0.850. The maximum absolute atomic E-state index is 10.6. The number of hydrogen-bond acceptors (Lipinski definition) is 4. The standard InChI is InChI=1S/C13H17NO5/c1-10-6-7-11(14(17)18)9-12(10)19-8-4-2-3-5-13(15)16/h6-7,9H,2-5,8H2,1H3,(H,15,16). The van der Waals surface area contributed by atoms with Gasteiger partial charge >= 0.3 is 5.97 Å². The van der Waals surface area contributed by atoms with Gasteiger partial charge in [-0.05, 0) is 37.8 Å². The number of carboxylic acid groups (broad SMARTS) is 1. The molecule has 1 rings (SSSR count). The van der Waals surface area contributed by atoms with E-state index in [1.54, 1.807) is 6.07 Å². The summed E-state index contributed by atoms with van der Waals surface area (Å²) in [5, 5.41) is 19.1. The number of nitrogens with zero attached hydrogens (tertiary/aromatic N) is 1. The van der Waals surface area contributed by atoms with Crippen LogP contribution in [-0.2, 0) is 4.79 Å². The number of carboxylic acids is 1. The highest BCUT2D eigenvalue weighted by atomic mass is 16.6. The van der Waals surface area contributed by atoms with Crippen LogP contribution in [-0.4, -0.2) is 22.6 Å². The Morgan fingerprint density at radius 1 is 1.37 bits per heavy atom. The molecule has 0 radical (unpaired) electrons. The van der Waals surface area contributed by atoms with Gasteiger partial charge in [0.15, 0.2) is 0 Å². The molecule has 6 nitrogen and oxygen atoms in total. The van der Waals surface area contributed by atoms with Gasteiger partial charge in [-0.1, -0.05) is 0 Å². The van der Waals surface area contributed by atoms with Crippen molar-refractivity contribution >= 4 is 11.7 Å². The fourth-order valence-corrected chi connectivity index (χ4v) is 1.60. The van der Waals surface area contributed by atoms with E-state index in [1.807, 2.05) is 6.92 Å². The fraction of sp³-hybridized carbons (Fsp3) is 0.462. The average Bonchev–Trinajstić information content (AvgIpc) is 2.34. The molecule has 0 amide bonds. The van der Waals surface area contributed by atoms with Crippen LogP contribution in [0.25, 0.3) is 0 Å². The first kappa shape index (κ1) is 14.9. The Balaban J connectivity index is 2.38. The number of non-ortho nitro benzene ring substituents is 1. The molecule has 0 saturated carbocycles. The highest BCUT2D eigenvalue weighted by molar-refractivity contribution is 5.66. The monoisotopic (exact) mass is 267 g/mol. The van der Waals surface area contributed by atoms with E-state index < -0.39 is 10.9 Å². The molecule has 0 aliphatic rings. The van der Waals surface area contributed by atoms with Gasteiger partial charge < -0.3 is 9.84 Å². The Labute approximate surface area is 111 Å². The smallest absolute Gasteiger partial charge is 0.303 e. The van der Waals surface area contributed by atoms with Crippen LogP contribution in [0.4, 0.5) is 5.69 Å². The molecule has 0 aliphatic heterocycles. The first-order valence-electron chi connectivity index (χ1n) is 6.10.